The van der Waals surface area contributed by atoms with E-state index in [1.807, 2.05) is 37.3 Å². The zero-order valence-corrected chi connectivity index (χ0v) is 21.6. The van der Waals surface area contributed by atoms with E-state index in [0.717, 1.165) is 17.1 Å². The van der Waals surface area contributed by atoms with Crippen molar-refractivity contribution in [2.24, 2.45) is 0 Å². The number of carbonyl (C=O) groups excluding carboxylic acids is 1. The fourth-order valence-corrected chi connectivity index (χ4v) is 5.23. The highest BCUT2D eigenvalue weighted by Crippen LogP contribution is 2.25. The van der Waals surface area contributed by atoms with Gasteiger partial charge in [0.25, 0.3) is 0 Å². The van der Waals surface area contributed by atoms with Gasteiger partial charge in [0.05, 0.1) is 21.5 Å². The molecular formula is C25H25Cl3N2O3S. The van der Waals surface area contributed by atoms with Crippen LogP contribution in [-0.4, -0.2) is 31.2 Å². The molecular weight excluding hydrogens is 515 g/mol. The molecule has 34 heavy (non-hydrogen) atoms. The van der Waals surface area contributed by atoms with Crippen molar-refractivity contribution in [1.82, 2.24) is 9.62 Å². The quantitative estimate of drug-likeness (QED) is 0.345. The molecule has 9 heteroatoms. The van der Waals surface area contributed by atoms with E-state index in [-0.39, 0.29) is 24.0 Å². The van der Waals surface area contributed by atoms with Crippen LogP contribution in [0.25, 0.3) is 0 Å². The maximum atomic E-state index is 13.4. The van der Waals surface area contributed by atoms with Crippen molar-refractivity contribution in [3.63, 3.8) is 0 Å². The van der Waals surface area contributed by atoms with Gasteiger partial charge < -0.3 is 5.32 Å². The Morgan fingerprint density at radius 1 is 0.912 bits per heavy atom. The van der Waals surface area contributed by atoms with E-state index in [1.165, 1.54) is 29.8 Å². The highest BCUT2D eigenvalue weighted by molar-refractivity contribution is 7.89. The van der Waals surface area contributed by atoms with Gasteiger partial charge in [-0.05, 0) is 67.3 Å². The smallest absolute Gasteiger partial charge is 0.243 e. The van der Waals surface area contributed by atoms with Crippen LogP contribution < -0.4 is 5.32 Å². The largest absolute Gasteiger partial charge is 0.352 e. The van der Waals surface area contributed by atoms with Crippen LogP contribution in [0.2, 0.25) is 15.1 Å². The second kappa shape index (κ2) is 12.0. The number of amides is 1. The average Bonchev–Trinajstić information content (AvgIpc) is 2.80. The SMILES string of the molecule is C[C@@H](CCc1ccccc1)NC(=O)CN(Cc1ccc(Cl)c(Cl)c1)S(=O)(=O)c1ccc(Cl)cc1. The molecule has 180 valence electrons. The molecule has 0 aliphatic carbocycles. The average molecular weight is 540 g/mol. The van der Waals surface area contributed by atoms with Crippen molar-refractivity contribution in [1.29, 1.82) is 0 Å². The van der Waals surface area contributed by atoms with Crippen molar-refractivity contribution in [2.45, 2.75) is 37.2 Å². The predicted octanol–water partition coefficient (Wildman–Crippen LogP) is 5.98. The molecule has 0 radical (unpaired) electrons. The molecule has 0 aliphatic rings. The summed E-state index contributed by atoms with van der Waals surface area (Å²) >= 11 is 18.0. The number of benzene rings is 3. The van der Waals surface area contributed by atoms with Gasteiger partial charge in [0, 0.05) is 17.6 Å². The predicted molar refractivity (Wildman–Crippen MR) is 138 cm³/mol. The minimum atomic E-state index is -3.99. The number of nitrogens with zero attached hydrogens (tertiary/aromatic N) is 1. The van der Waals surface area contributed by atoms with E-state index >= 15 is 0 Å². The van der Waals surface area contributed by atoms with E-state index in [2.05, 4.69) is 5.32 Å². The van der Waals surface area contributed by atoms with Crippen LogP contribution in [0.5, 0.6) is 0 Å². The first-order valence-electron chi connectivity index (χ1n) is 10.7. The number of hydrogen-bond acceptors (Lipinski definition) is 3. The molecule has 0 fully saturated rings. The van der Waals surface area contributed by atoms with Crippen molar-refractivity contribution >= 4 is 50.7 Å². The third-order valence-corrected chi connectivity index (χ3v) is 8.03. The Labute approximate surface area is 215 Å². The van der Waals surface area contributed by atoms with Crippen molar-refractivity contribution < 1.29 is 13.2 Å². The van der Waals surface area contributed by atoms with Crippen molar-refractivity contribution in [3.05, 3.63) is 99.0 Å². The molecule has 0 saturated heterocycles. The topological polar surface area (TPSA) is 66.5 Å². The summed E-state index contributed by atoms with van der Waals surface area (Å²) in [4.78, 5) is 12.9. The summed E-state index contributed by atoms with van der Waals surface area (Å²) in [5.41, 5.74) is 1.78. The lowest BCUT2D eigenvalue weighted by Gasteiger charge is -2.23. The zero-order chi connectivity index (χ0) is 24.7. The molecule has 0 aromatic heterocycles. The molecule has 0 bridgehead atoms. The third kappa shape index (κ3) is 7.45. The molecule has 1 atom stereocenters. The van der Waals surface area contributed by atoms with Crippen LogP contribution in [0.15, 0.2) is 77.7 Å². The first kappa shape index (κ1) is 26.5. The Morgan fingerprint density at radius 2 is 1.59 bits per heavy atom. The van der Waals surface area contributed by atoms with Crippen LogP contribution in [-0.2, 0) is 27.8 Å². The fraction of sp³-hybridized carbons (Fsp3) is 0.240. The van der Waals surface area contributed by atoms with Crippen LogP contribution in [0.1, 0.15) is 24.5 Å². The number of aryl methyl sites for hydroxylation is 1. The maximum Gasteiger partial charge on any atom is 0.243 e. The number of carbonyl (C=O) groups is 1. The number of halogens is 3. The number of rotatable bonds is 10. The number of nitrogens with one attached hydrogen (secondary N) is 1. The molecule has 3 aromatic rings. The third-order valence-electron chi connectivity index (χ3n) is 5.23. The molecule has 3 aromatic carbocycles. The summed E-state index contributed by atoms with van der Waals surface area (Å²) < 4.78 is 27.9. The Kier molecular flexibility index (Phi) is 9.39. The Hall–Kier alpha value is -2.09. The molecule has 1 amide bonds. The maximum absolute atomic E-state index is 13.4. The Bertz CT molecular complexity index is 1220. The van der Waals surface area contributed by atoms with E-state index in [9.17, 15) is 13.2 Å². The normalized spacial score (nSPS) is 12.5. The van der Waals surface area contributed by atoms with E-state index < -0.39 is 15.9 Å². The van der Waals surface area contributed by atoms with Crippen LogP contribution in [0, 0.1) is 0 Å². The molecule has 5 nitrogen and oxygen atoms in total. The summed E-state index contributed by atoms with van der Waals surface area (Å²) in [6.45, 7) is 1.51. The summed E-state index contributed by atoms with van der Waals surface area (Å²) in [5, 5.41) is 3.99. The molecule has 1 N–H and O–H groups in total. The molecule has 0 aliphatic heterocycles. The first-order chi connectivity index (χ1) is 16.1. The first-order valence-corrected chi connectivity index (χ1v) is 13.3. The lowest BCUT2D eigenvalue weighted by molar-refractivity contribution is -0.122. The van der Waals surface area contributed by atoms with Gasteiger partial charge in [0.1, 0.15) is 0 Å². The van der Waals surface area contributed by atoms with Gasteiger partial charge in [-0.25, -0.2) is 8.42 Å². The highest BCUT2D eigenvalue weighted by Gasteiger charge is 2.27. The van der Waals surface area contributed by atoms with Gasteiger partial charge in [0.15, 0.2) is 0 Å². The Morgan fingerprint density at radius 3 is 2.24 bits per heavy atom. The Balaban J connectivity index is 1.75. The van der Waals surface area contributed by atoms with Gasteiger partial charge >= 0.3 is 0 Å². The molecule has 3 rings (SSSR count). The van der Waals surface area contributed by atoms with Crippen molar-refractivity contribution in [3.8, 4) is 0 Å². The number of hydrogen-bond donors (Lipinski definition) is 1. The molecule has 0 unspecified atom stereocenters. The zero-order valence-electron chi connectivity index (χ0n) is 18.5. The summed E-state index contributed by atoms with van der Waals surface area (Å²) in [6.07, 6.45) is 1.53. The minimum Gasteiger partial charge on any atom is -0.352 e. The van der Waals surface area contributed by atoms with Crippen LogP contribution >= 0.6 is 34.8 Å². The monoisotopic (exact) mass is 538 g/mol. The second-order valence-corrected chi connectivity index (χ2v) is 11.2. The van der Waals surface area contributed by atoms with E-state index in [1.54, 1.807) is 18.2 Å². The van der Waals surface area contributed by atoms with E-state index in [0.29, 0.717) is 20.6 Å². The van der Waals surface area contributed by atoms with E-state index in [4.69, 9.17) is 34.8 Å². The minimum absolute atomic E-state index is 0.0434. The molecule has 0 heterocycles. The van der Waals surface area contributed by atoms with Gasteiger partial charge in [-0.15, -0.1) is 0 Å². The fourth-order valence-electron chi connectivity index (χ4n) is 3.40. The number of sulfonamides is 1. The highest BCUT2D eigenvalue weighted by atomic mass is 35.5. The van der Waals surface area contributed by atoms with Gasteiger partial charge in [-0.1, -0.05) is 71.2 Å². The van der Waals surface area contributed by atoms with Gasteiger partial charge in [-0.3, -0.25) is 4.79 Å². The lowest BCUT2D eigenvalue weighted by Crippen LogP contribution is -2.43. The molecule has 0 spiro atoms. The van der Waals surface area contributed by atoms with Crippen LogP contribution in [0.4, 0.5) is 0 Å². The lowest BCUT2D eigenvalue weighted by atomic mass is 10.1. The van der Waals surface area contributed by atoms with Crippen LogP contribution in [0.3, 0.4) is 0 Å². The second-order valence-electron chi connectivity index (χ2n) is 7.97. The van der Waals surface area contributed by atoms with Crippen molar-refractivity contribution in [2.75, 3.05) is 6.54 Å². The summed E-state index contributed by atoms with van der Waals surface area (Å²) in [7, 11) is -3.99. The summed E-state index contributed by atoms with van der Waals surface area (Å²) in [6, 6.07) is 20.5. The van der Waals surface area contributed by atoms with Gasteiger partial charge in [-0.2, -0.15) is 4.31 Å². The standard InChI is InChI=1S/C25H25Cl3N2O3S/c1-18(7-8-19-5-3-2-4-6-19)29-25(31)17-30(16-20-9-14-23(27)24(28)15-20)34(32,33)22-12-10-21(26)11-13-22/h2-6,9-15,18H,7-8,16-17H2,1H3,(H,29,31)/t18-/m0/s1. The summed E-state index contributed by atoms with van der Waals surface area (Å²) in [5.74, 6) is -0.391. The van der Waals surface area contributed by atoms with Gasteiger partial charge in [0.2, 0.25) is 15.9 Å². The molecule has 0 saturated carbocycles.